The minimum atomic E-state index is 0.478. The van der Waals surface area contributed by atoms with E-state index in [-0.39, 0.29) is 0 Å². The minimum Gasteiger partial charge on any atom is -0.486 e. The summed E-state index contributed by atoms with van der Waals surface area (Å²) in [5, 5.41) is 4.30. The van der Waals surface area contributed by atoms with Crippen LogP contribution in [-0.2, 0) is 13.7 Å². The Labute approximate surface area is 124 Å². The molecule has 0 saturated heterocycles. The molecule has 0 fully saturated rings. The van der Waals surface area contributed by atoms with Crippen LogP contribution < -0.4 is 4.74 Å². The lowest BCUT2D eigenvalue weighted by Crippen LogP contribution is -2.03. The van der Waals surface area contributed by atoms with Crippen molar-refractivity contribution in [2.75, 3.05) is 5.88 Å². The largest absolute Gasteiger partial charge is 0.486 e. The van der Waals surface area contributed by atoms with E-state index in [0.717, 1.165) is 22.7 Å². The van der Waals surface area contributed by atoms with Gasteiger partial charge in [0, 0.05) is 19.3 Å². The zero-order chi connectivity index (χ0) is 14.4. The van der Waals surface area contributed by atoms with Crippen molar-refractivity contribution in [2.24, 2.45) is 7.05 Å². The normalized spacial score (nSPS) is 9.95. The van der Waals surface area contributed by atoms with E-state index in [9.17, 15) is 0 Å². The number of rotatable bonds is 4. The maximum Gasteiger partial charge on any atom is 0.135 e. The Balaban J connectivity index is 2.10. The smallest absolute Gasteiger partial charge is 0.135 e. The number of alkyl halides is 1. The molecule has 0 aliphatic carbocycles. The summed E-state index contributed by atoms with van der Waals surface area (Å²) in [5.41, 5.74) is 2.91. The van der Waals surface area contributed by atoms with Gasteiger partial charge in [-0.05, 0) is 25.1 Å². The van der Waals surface area contributed by atoms with Crippen molar-refractivity contribution in [1.29, 1.82) is 0 Å². The van der Waals surface area contributed by atoms with E-state index < -0.39 is 0 Å². The van der Waals surface area contributed by atoms with E-state index in [2.05, 4.69) is 16.9 Å². The summed E-state index contributed by atoms with van der Waals surface area (Å²) in [6.07, 6.45) is 0.677. The molecule has 0 radical (unpaired) electrons. The van der Waals surface area contributed by atoms with Gasteiger partial charge >= 0.3 is 0 Å². The molecule has 0 unspecified atom stereocenters. The Bertz CT molecular complexity index is 637. The fraction of sp³-hybridized carbons (Fsp3) is 0.312. The zero-order valence-electron chi connectivity index (χ0n) is 11.7. The Morgan fingerprint density at radius 2 is 2.15 bits per heavy atom. The van der Waals surface area contributed by atoms with Gasteiger partial charge in [0.1, 0.15) is 12.4 Å². The summed E-state index contributed by atoms with van der Waals surface area (Å²) >= 11 is 5.63. The highest BCUT2D eigenvalue weighted by Crippen LogP contribution is 2.18. The highest BCUT2D eigenvalue weighted by molar-refractivity contribution is 6.18. The van der Waals surface area contributed by atoms with Crippen molar-refractivity contribution in [2.45, 2.75) is 20.0 Å². The topological polar surface area (TPSA) is 27.1 Å². The van der Waals surface area contributed by atoms with E-state index in [1.165, 1.54) is 0 Å². The Kier molecular flexibility index (Phi) is 5.09. The number of benzene rings is 1. The van der Waals surface area contributed by atoms with Crippen molar-refractivity contribution in [3.63, 3.8) is 0 Å². The van der Waals surface area contributed by atoms with Gasteiger partial charge in [-0.15, -0.1) is 11.6 Å². The first-order valence-electron chi connectivity index (χ1n) is 6.47. The molecular weight excluding hydrogens is 272 g/mol. The molecule has 0 aliphatic heterocycles. The lowest BCUT2D eigenvalue weighted by atomic mass is 10.2. The van der Waals surface area contributed by atoms with Gasteiger partial charge in [0.25, 0.3) is 0 Å². The quantitative estimate of drug-likeness (QED) is 0.638. The van der Waals surface area contributed by atoms with Gasteiger partial charge < -0.3 is 4.74 Å². The molecule has 0 amide bonds. The van der Waals surface area contributed by atoms with E-state index in [0.29, 0.717) is 18.9 Å². The van der Waals surface area contributed by atoms with E-state index in [4.69, 9.17) is 16.3 Å². The summed E-state index contributed by atoms with van der Waals surface area (Å²) in [6, 6.07) is 9.78. The molecule has 3 nitrogen and oxygen atoms in total. The molecule has 0 spiro atoms. The van der Waals surface area contributed by atoms with E-state index in [1.807, 2.05) is 49.0 Å². The highest BCUT2D eigenvalue weighted by Gasteiger charge is 2.05. The van der Waals surface area contributed by atoms with Gasteiger partial charge in [-0.2, -0.15) is 5.10 Å². The van der Waals surface area contributed by atoms with Crippen molar-refractivity contribution in [3.05, 3.63) is 47.3 Å². The SMILES string of the molecule is Cc1cc(COc2ccccc2C#CCCCl)n(C)n1. The number of nitrogens with zero attached hydrogens (tertiary/aromatic N) is 2. The average molecular weight is 289 g/mol. The van der Waals surface area contributed by atoms with Crippen molar-refractivity contribution >= 4 is 11.6 Å². The second kappa shape index (κ2) is 7.02. The first kappa shape index (κ1) is 14.5. The number of para-hydroxylation sites is 1. The summed E-state index contributed by atoms with van der Waals surface area (Å²) in [5.74, 6) is 7.45. The molecule has 0 atom stereocenters. The van der Waals surface area contributed by atoms with Crippen molar-refractivity contribution in [1.82, 2.24) is 9.78 Å². The lowest BCUT2D eigenvalue weighted by Gasteiger charge is -2.08. The van der Waals surface area contributed by atoms with Crippen LogP contribution >= 0.6 is 11.6 Å². The molecule has 1 aromatic heterocycles. The summed E-state index contributed by atoms with van der Waals surface area (Å²) in [7, 11) is 1.91. The molecular formula is C16H17ClN2O. The number of aryl methyl sites for hydroxylation is 2. The van der Waals surface area contributed by atoms with Crippen LogP contribution in [0.25, 0.3) is 0 Å². The molecule has 20 heavy (non-hydrogen) atoms. The monoisotopic (exact) mass is 288 g/mol. The van der Waals surface area contributed by atoms with Gasteiger partial charge in [-0.25, -0.2) is 0 Å². The Morgan fingerprint density at radius 1 is 1.35 bits per heavy atom. The second-order valence-electron chi connectivity index (χ2n) is 4.43. The second-order valence-corrected chi connectivity index (χ2v) is 4.80. The average Bonchev–Trinajstić information content (AvgIpc) is 2.76. The summed E-state index contributed by atoms with van der Waals surface area (Å²) in [4.78, 5) is 0. The maximum atomic E-state index is 5.85. The number of aromatic nitrogens is 2. The molecule has 4 heteroatoms. The molecule has 1 aromatic carbocycles. The van der Waals surface area contributed by atoms with Crippen LogP contribution in [0.1, 0.15) is 23.4 Å². The van der Waals surface area contributed by atoms with E-state index >= 15 is 0 Å². The standard InChI is InChI=1S/C16H17ClN2O/c1-13-11-15(19(2)18-13)12-20-16-9-4-3-7-14(16)8-5-6-10-17/h3-4,7,9,11H,6,10,12H2,1-2H3. The van der Waals surface area contributed by atoms with Crippen LogP contribution in [0.4, 0.5) is 0 Å². The summed E-state index contributed by atoms with van der Waals surface area (Å²) in [6.45, 7) is 2.45. The Morgan fingerprint density at radius 3 is 2.85 bits per heavy atom. The molecule has 2 rings (SSSR count). The number of hydrogen-bond acceptors (Lipinski definition) is 2. The molecule has 2 aromatic rings. The predicted molar refractivity (Wildman–Crippen MR) is 80.9 cm³/mol. The van der Waals surface area contributed by atoms with Gasteiger partial charge in [-0.1, -0.05) is 24.0 Å². The number of hydrogen-bond donors (Lipinski definition) is 0. The maximum absolute atomic E-state index is 5.85. The number of ether oxygens (including phenoxy) is 1. The molecule has 0 aliphatic rings. The third-order valence-electron chi connectivity index (χ3n) is 2.80. The minimum absolute atomic E-state index is 0.478. The molecule has 0 saturated carbocycles. The van der Waals surface area contributed by atoms with Crippen LogP contribution in [-0.4, -0.2) is 15.7 Å². The van der Waals surface area contributed by atoms with Crippen molar-refractivity contribution in [3.8, 4) is 17.6 Å². The van der Waals surface area contributed by atoms with Crippen LogP contribution in [0.15, 0.2) is 30.3 Å². The predicted octanol–water partition coefficient (Wildman–Crippen LogP) is 3.29. The van der Waals surface area contributed by atoms with Gasteiger partial charge in [-0.3, -0.25) is 4.68 Å². The zero-order valence-corrected chi connectivity index (χ0v) is 12.4. The van der Waals surface area contributed by atoms with Gasteiger partial charge in [0.2, 0.25) is 0 Å². The lowest BCUT2D eigenvalue weighted by molar-refractivity contribution is 0.294. The van der Waals surface area contributed by atoms with Crippen LogP contribution in [0, 0.1) is 18.8 Å². The molecule has 104 valence electrons. The molecule has 0 bridgehead atoms. The van der Waals surface area contributed by atoms with Crippen LogP contribution in [0.2, 0.25) is 0 Å². The fourth-order valence-electron chi connectivity index (χ4n) is 1.85. The first-order valence-corrected chi connectivity index (χ1v) is 7.00. The van der Waals surface area contributed by atoms with Gasteiger partial charge in [0.05, 0.1) is 17.0 Å². The number of halogens is 1. The highest BCUT2D eigenvalue weighted by atomic mass is 35.5. The van der Waals surface area contributed by atoms with Crippen LogP contribution in [0.5, 0.6) is 5.75 Å². The first-order chi connectivity index (χ1) is 9.70. The van der Waals surface area contributed by atoms with Crippen molar-refractivity contribution < 1.29 is 4.74 Å². The van der Waals surface area contributed by atoms with E-state index in [1.54, 1.807) is 0 Å². The molecule has 1 heterocycles. The van der Waals surface area contributed by atoms with Gasteiger partial charge in [0.15, 0.2) is 0 Å². The third kappa shape index (κ3) is 3.79. The third-order valence-corrected chi connectivity index (χ3v) is 2.99. The summed E-state index contributed by atoms with van der Waals surface area (Å²) < 4.78 is 7.68. The molecule has 0 N–H and O–H groups in total. The van der Waals surface area contributed by atoms with Crippen LogP contribution in [0.3, 0.4) is 0 Å². The fourth-order valence-corrected chi connectivity index (χ4v) is 1.95. The Hall–Kier alpha value is -1.92.